The quantitative estimate of drug-likeness (QED) is 0.693. The number of rotatable bonds is 4. The summed E-state index contributed by atoms with van der Waals surface area (Å²) in [6.45, 7) is 3.70. The Morgan fingerprint density at radius 1 is 1.41 bits per heavy atom. The van der Waals surface area contributed by atoms with E-state index in [-0.39, 0.29) is 18.1 Å². The van der Waals surface area contributed by atoms with E-state index in [1.165, 1.54) is 12.1 Å². The number of esters is 1. The van der Waals surface area contributed by atoms with E-state index in [1.54, 1.807) is 13.0 Å². The van der Waals surface area contributed by atoms with Crippen LogP contribution < -0.4 is 0 Å². The summed E-state index contributed by atoms with van der Waals surface area (Å²) in [4.78, 5) is 14.9. The van der Waals surface area contributed by atoms with Gasteiger partial charge in [-0.3, -0.25) is 5.01 Å². The standard InChI is InChI=1S/C15H17FN4O2/c1-2-22-15(21)14-13(18-19-20-7-3-4-8-20)11-6-5-10(16)9-12(11)17-14/h5-6,9,17H,2-4,7-8H2,1H3. The lowest BCUT2D eigenvalue weighted by atomic mass is 10.2. The molecule has 1 aliphatic heterocycles. The molecule has 2 heterocycles. The number of ether oxygens (including phenoxy) is 1. The number of benzene rings is 1. The monoisotopic (exact) mass is 304 g/mol. The van der Waals surface area contributed by atoms with Crippen molar-refractivity contribution in [2.45, 2.75) is 19.8 Å². The Balaban J connectivity index is 2.03. The van der Waals surface area contributed by atoms with Crippen LogP contribution in [0.4, 0.5) is 10.1 Å². The summed E-state index contributed by atoms with van der Waals surface area (Å²) >= 11 is 0. The van der Waals surface area contributed by atoms with Gasteiger partial charge < -0.3 is 9.72 Å². The van der Waals surface area contributed by atoms with Crippen LogP contribution in [0.25, 0.3) is 10.9 Å². The molecule has 1 fully saturated rings. The van der Waals surface area contributed by atoms with Crippen molar-refractivity contribution in [3.63, 3.8) is 0 Å². The molecule has 22 heavy (non-hydrogen) atoms. The maximum Gasteiger partial charge on any atom is 0.357 e. The van der Waals surface area contributed by atoms with Crippen LogP contribution in [0, 0.1) is 5.82 Å². The molecule has 0 amide bonds. The molecule has 6 nitrogen and oxygen atoms in total. The van der Waals surface area contributed by atoms with Gasteiger partial charge in [-0.25, -0.2) is 9.18 Å². The summed E-state index contributed by atoms with van der Waals surface area (Å²) in [5.74, 6) is -0.901. The zero-order valence-electron chi connectivity index (χ0n) is 12.3. The van der Waals surface area contributed by atoms with Crippen LogP contribution >= 0.6 is 0 Å². The molecule has 2 aromatic rings. The van der Waals surface area contributed by atoms with E-state index in [4.69, 9.17) is 4.74 Å². The van der Waals surface area contributed by atoms with Gasteiger partial charge in [0.15, 0.2) is 5.69 Å². The second kappa shape index (κ2) is 6.13. The van der Waals surface area contributed by atoms with Crippen molar-refractivity contribution in [3.8, 4) is 0 Å². The van der Waals surface area contributed by atoms with Gasteiger partial charge in [-0.2, -0.15) is 0 Å². The molecular weight excluding hydrogens is 287 g/mol. The Bertz CT molecular complexity index is 720. The predicted molar refractivity (Wildman–Crippen MR) is 79.5 cm³/mol. The van der Waals surface area contributed by atoms with Crippen LogP contribution in [0.3, 0.4) is 0 Å². The van der Waals surface area contributed by atoms with E-state index in [2.05, 4.69) is 15.3 Å². The van der Waals surface area contributed by atoms with Crippen molar-refractivity contribution >= 4 is 22.6 Å². The van der Waals surface area contributed by atoms with Crippen LogP contribution in [0.1, 0.15) is 30.3 Å². The van der Waals surface area contributed by atoms with Crippen LogP contribution in [0.15, 0.2) is 28.5 Å². The number of nitrogens with one attached hydrogen (secondary N) is 1. The molecule has 1 aromatic carbocycles. The molecule has 0 unspecified atom stereocenters. The van der Waals surface area contributed by atoms with Gasteiger partial charge in [0.1, 0.15) is 11.5 Å². The molecule has 1 aromatic heterocycles. The van der Waals surface area contributed by atoms with Gasteiger partial charge in [-0.05, 0) is 38.0 Å². The third-order valence-electron chi connectivity index (χ3n) is 3.57. The van der Waals surface area contributed by atoms with Crippen molar-refractivity contribution in [1.29, 1.82) is 0 Å². The van der Waals surface area contributed by atoms with Crippen LogP contribution in [0.2, 0.25) is 0 Å². The number of hydrogen-bond acceptors (Lipinski definition) is 4. The van der Waals surface area contributed by atoms with Crippen LogP contribution in [0.5, 0.6) is 0 Å². The molecule has 0 atom stereocenters. The van der Waals surface area contributed by atoms with Crippen molar-refractivity contribution in [3.05, 3.63) is 29.7 Å². The zero-order chi connectivity index (χ0) is 15.5. The van der Waals surface area contributed by atoms with Gasteiger partial charge in [-0.1, -0.05) is 5.22 Å². The zero-order valence-corrected chi connectivity index (χ0v) is 12.3. The van der Waals surface area contributed by atoms with Crippen LogP contribution in [-0.4, -0.2) is 35.7 Å². The highest BCUT2D eigenvalue weighted by atomic mass is 19.1. The van der Waals surface area contributed by atoms with E-state index < -0.39 is 5.97 Å². The van der Waals surface area contributed by atoms with E-state index in [9.17, 15) is 9.18 Å². The highest BCUT2D eigenvalue weighted by Gasteiger charge is 2.20. The number of carbonyl (C=O) groups is 1. The largest absolute Gasteiger partial charge is 0.461 e. The highest BCUT2D eigenvalue weighted by molar-refractivity contribution is 6.04. The normalized spacial score (nSPS) is 15.1. The maximum absolute atomic E-state index is 13.4. The topological polar surface area (TPSA) is 70.0 Å². The molecule has 116 valence electrons. The SMILES string of the molecule is CCOC(=O)c1[nH]c2cc(F)ccc2c1N=NN1CCCC1. The summed E-state index contributed by atoms with van der Waals surface area (Å²) in [7, 11) is 0. The van der Waals surface area contributed by atoms with Crippen molar-refractivity contribution in [2.75, 3.05) is 19.7 Å². The smallest absolute Gasteiger partial charge is 0.357 e. The van der Waals surface area contributed by atoms with E-state index in [0.717, 1.165) is 25.9 Å². The summed E-state index contributed by atoms with van der Waals surface area (Å²) in [6, 6.07) is 4.25. The Morgan fingerprint density at radius 3 is 2.91 bits per heavy atom. The average Bonchev–Trinajstić information content (AvgIpc) is 3.12. The molecule has 7 heteroatoms. The van der Waals surface area contributed by atoms with Crippen molar-refractivity contribution in [2.24, 2.45) is 10.3 Å². The third kappa shape index (κ3) is 2.79. The number of carbonyl (C=O) groups excluding carboxylic acids is 1. The molecule has 3 rings (SSSR count). The minimum atomic E-state index is -0.519. The molecule has 0 radical (unpaired) electrons. The molecule has 0 aliphatic carbocycles. The first-order valence-electron chi connectivity index (χ1n) is 7.34. The number of aromatic nitrogens is 1. The van der Waals surface area contributed by atoms with Gasteiger partial charge in [0.25, 0.3) is 0 Å². The van der Waals surface area contributed by atoms with Gasteiger partial charge >= 0.3 is 5.97 Å². The second-order valence-electron chi connectivity index (χ2n) is 5.11. The Labute approximate surface area is 126 Å². The minimum absolute atomic E-state index is 0.199. The fraction of sp³-hybridized carbons (Fsp3) is 0.400. The molecule has 1 saturated heterocycles. The molecule has 0 spiro atoms. The fourth-order valence-electron chi connectivity index (χ4n) is 2.51. The van der Waals surface area contributed by atoms with E-state index in [1.807, 2.05) is 5.01 Å². The lowest BCUT2D eigenvalue weighted by Crippen LogP contribution is -2.10. The number of fused-ring (bicyclic) bond motifs is 1. The third-order valence-corrected chi connectivity index (χ3v) is 3.57. The van der Waals surface area contributed by atoms with Crippen molar-refractivity contribution in [1.82, 2.24) is 9.99 Å². The Hall–Kier alpha value is -2.44. The Kier molecular flexibility index (Phi) is 4.04. The van der Waals surface area contributed by atoms with Gasteiger partial charge in [0.05, 0.1) is 12.1 Å². The lowest BCUT2D eigenvalue weighted by Gasteiger charge is -2.07. The van der Waals surface area contributed by atoms with E-state index in [0.29, 0.717) is 16.6 Å². The second-order valence-corrected chi connectivity index (χ2v) is 5.11. The summed E-state index contributed by atoms with van der Waals surface area (Å²) in [5.41, 5.74) is 1.09. The number of hydrogen-bond donors (Lipinski definition) is 1. The molecule has 0 saturated carbocycles. The van der Waals surface area contributed by atoms with Gasteiger partial charge in [-0.15, -0.1) is 5.11 Å². The lowest BCUT2D eigenvalue weighted by molar-refractivity contribution is 0.0521. The van der Waals surface area contributed by atoms with Gasteiger partial charge in [0.2, 0.25) is 0 Å². The number of aromatic amines is 1. The predicted octanol–water partition coefficient (Wildman–Crippen LogP) is 3.58. The summed E-state index contributed by atoms with van der Waals surface area (Å²) in [5, 5.41) is 10.9. The van der Waals surface area contributed by atoms with Gasteiger partial charge in [0, 0.05) is 18.5 Å². The molecular formula is C15H17FN4O2. The molecule has 0 bridgehead atoms. The molecule has 1 aliphatic rings. The number of halogens is 1. The number of nitrogens with zero attached hydrogens (tertiary/aromatic N) is 3. The van der Waals surface area contributed by atoms with E-state index >= 15 is 0 Å². The summed E-state index contributed by atoms with van der Waals surface area (Å²) < 4.78 is 18.4. The first-order valence-corrected chi connectivity index (χ1v) is 7.34. The molecule has 1 N–H and O–H groups in total. The van der Waals surface area contributed by atoms with Crippen molar-refractivity contribution < 1.29 is 13.9 Å². The minimum Gasteiger partial charge on any atom is -0.461 e. The number of H-pyrrole nitrogens is 1. The first-order chi connectivity index (χ1) is 10.7. The Morgan fingerprint density at radius 2 is 2.18 bits per heavy atom. The highest BCUT2D eigenvalue weighted by Crippen LogP contribution is 2.32. The fourth-order valence-corrected chi connectivity index (χ4v) is 2.51. The summed E-state index contributed by atoms with van der Waals surface area (Å²) in [6.07, 6.45) is 2.17. The van der Waals surface area contributed by atoms with Crippen LogP contribution in [-0.2, 0) is 4.74 Å². The average molecular weight is 304 g/mol. The maximum atomic E-state index is 13.4. The first kappa shape index (κ1) is 14.5.